The highest BCUT2D eigenvalue weighted by Gasteiger charge is 2.55. The third-order valence-electron chi connectivity index (χ3n) is 11.4. The van der Waals surface area contributed by atoms with Gasteiger partial charge in [-0.2, -0.15) is 13.2 Å². The average molecular weight is 768 g/mol. The van der Waals surface area contributed by atoms with Crippen LogP contribution in [0.2, 0.25) is 5.02 Å². The van der Waals surface area contributed by atoms with Gasteiger partial charge in [-0.15, -0.1) is 0 Å². The monoisotopic (exact) mass is 767 g/mol. The van der Waals surface area contributed by atoms with Crippen LogP contribution in [0, 0.1) is 11.8 Å². The minimum absolute atomic E-state index is 0.0390. The number of rotatable bonds is 12. The van der Waals surface area contributed by atoms with E-state index in [4.69, 9.17) is 35.5 Å². The quantitative estimate of drug-likeness (QED) is 0.130. The molecule has 1 aliphatic heterocycles. The molecule has 0 spiro atoms. The summed E-state index contributed by atoms with van der Waals surface area (Å²) in [7, 11) is 5.47. The molecule has 5 aromatic rings. The number of halogens is 4. The molecule has 1 saturated heterocycles. The number of ether oxygens (including phenoxy) is 4. The largest absolute Gasteiger partial charge is 0.497 e. The lowest BCUT2D eigenvalue weighted by molar-refractivity contribution is -0.161. The fourth-order valence-electron chi connectivity index (χ4n) is 8.64. The number of nitrogens with zero attached hydrogens (tertiary/aromatic N) is 5. The number of aryl methyl sites for hydroxylation is 1. The van der Waals surface area contributed by atoms with Crippen LogP contribution in [0.3, 0.4) is 0 Å². The summed E-state index contributed by atoms with van der Waals surface area (Å²) in [6.07, 6.45) is 3.59. The van der Waals surface area contributed by atoms with Crippen LogP contribution in [-0.4, -0.2) is 81.3 Å². The molecule has 4 atom stereocenters. The van der Waals surface area contributed by atoms with Crippen LogP contribution in [0.5, 0.6) is 11.5 Å². The molecule has 0 radical (unpaired) electrons. The number of fused-ring (bicyclic) bond motifs is 3. The zero-order chi connectivity index (χ0) is 37.9. The Kier molecular flexibility index (Phi) is 9.68. The molecule has 0 bridgehead atoms. The highest BCUT2D eigenvalue weighted by molar-refractivity contribution is 6.32. The van der Waals surface area contributed by atoms with Crippen molar-refractivity contribution in [3.8, 4) is 11.5 Å². The van der Waals surface area contributed by atoms with Crippen molar-refractivity contribution in [3.63, 3.8) is 0 Å². The van der Waals surface area contributed by atoms with Crippen molar-refractivity contribution in [2.75, 3.05) is 33.1 Å². The maximum atomic E-state index is 13.3. The van der Waals surface area contributed by atoms with Crippen LogP contribution < -0.4 is 14.8 Å². The normalized spacial score (nSPS) is 25.0. The van der Waals surface area contributed by atoms with E-state index in [2.05, 4.69) is 49.0 Å². The van der Waals surface area contributed by atoms with Gasteiger partial charge in [0, 0.05) is 49.3 Å². The lowest BCUT2D eigenvalue weighted by Gasteiger charge is -2.42. The number of anilines is 1. The number of nitrogens with one attached hydrogen (secondary N) is 2. The molecule has 15 heteroatoms. The van der Waals surface area contributed by atoms with Gasteiger partial charge in [-0.25, -0.2) is 15.0 Å². The molecule has 4 heterocycles. The number of H-pyrrole nitrogens is 1. The van der Waals surface area contributed by atoms with Gasteiger partial charge >= 0.3 is 6.18 Å². The molecule has 2 aliphatic carbocycles. The number of aromatic amines is 1. The number of hydrogen-bond acceptors (Lipinski definition) is 9. The van der Waals surface area contributed by atoms with E-state index < -0.39 is 17.5 Å². The first-order chi connectivity index (χ1) is 25.8. The first kappa shape index (κ1) is 36.8. The van der Waals surface area contributed by atoms with E-state index >= 15 is 0 Å². The maximum absolute atomic E-state index is 13.3. The summed E-state index contributed by atoms with van der Waals surface area (Å²) in [6, 6.07) is 10.6. The lowest BCUT2D eigenvalue weighted by atomic mass is 9.76. The number of benzene rings is 2. The first-order valence-electron chi connectivity index (χ1n) is 18.4. The molecule has 3 aliphatic rings. The van der Waals surface area contributed by atoms with Crippen LogP contribution >= 0.6 is 11.6 Å². The highest BCUT2D eigenvalue weighted by atomic mass is 35.5. The van der Waals surface area contributed by atoms with E-state index in [0.717, 1.165) is 72.2 Å². The highest BCUT2D eigenvalue weighted by Crippen LogP contribution is 2.49. The Hall–Kier alpha value is -4.11. The molecule has 8 rings (SSSR count). The second-order valence-electron chi connectivity index (χ2n) is 15.3. The summed E-state index contributed by atoms with van der Waals surface area (Å²) in [5, 5.41) is 4.07. The molecule has 0 amide bonds. The Morgan fingerprint density at radius 3 is 2.61 bits per heavy atom. The Balaban J connectivity index is 0.902. The van der Waals surface area contributed by atoms with Crippen molar-refractivity contribution in [1.82, 2.24) is 29.4 Å². The van der Waals surface area contributed by atoms with Gasteiger partial charge in [0.25, 0.3) is 0 Å². The van der Waals surface area contributed by atoms with Crippen molar-refractivity contribution in [2.24, 2.45) is 11.8 Å². The van der Waals surface area contributed by atoms with Crippen molar-refractivity contribution >= 4 is 39.5 Å². The summed E-state index contributed by atoms with van der Waals surface area (Å²) in [5.41, 5.74) is 1.78. The molecule has 3 aromatic heterocycles. The Labute approximate surface area is 316 Å². The van der Waals surface area contributed by atoms with E-state index in [1.165, 1.54) is 6.07 Å². The van der Waals surface area contributed by atoms with E-state index in [0.29, 0.717) is 41.8 Å². The van der Waals surface area contributed by atoms with Gasteiger partial charge < -0.3 is 38.7 Å². The predicted molar refractivity (Wildman–Crippen MR) is 199 cm³/mol. The van der Waals surface area contributed by atoms with Crippen molar-refractivity contribution in [3.05, 3.63) is 70.9 Å². The van der Waals surface area contributed by atoms with Crippen molar-refractivity contribution in [1.29, 1.82) is 0 Å². The van der Waals surface area contributed by atoms with Gasteiger partial charge in [0.05, 0.1) is 53.4 Å². The summed E-state index contributed by atoms with van der Waals surface area (Å²) in [4.78, 5) is 19.4. The maximum Gasteiger partial charge on any atom is 0.417 e. The number of alkyl halides is 3. The summed E-state index contributed by atoms with van der Waals surface area (Å²) < 4.78 is 66.3. The standard InChI is InChI=1S/C39H45ClF3N7O4/c1-38(2)53-34-23(19-49(3)24-12-21(13-24)6-9-33-47-29-16-27(39(41,42)43)28(40)17-30(29)48-33)14-31(35(34)54-38)50-11-10-26-36(45-20-46-37(26)50)44-18-22-7-8-25(51-4)15-32(22)52-5/h7-8,10-11,15-17,20-21,23-24,31,34-35H,6,9,12-14,18-19H2,1-5H3,(H,47,48)(H,44,45,46)/t21?,23-,24?,31-,34-,35+/m1/s1. The smallest absolute Gasteiger partial charge is 0.417 e. The summed E-state index contributed by atoms with van der Waals surface area (Å²) in [5.74, 6) is 2.98. The molecule has 54 heavy (non-hydrogen) atoms. The Morgan fingerprint density at radius 2 is 1.85 bits per heavy atom. The predicted octanol–water partition coefficient (Wildman–Crippen LogP) is 8.03. The van der Waals surface area contributed by atoms with Crippen LogP contribution in [-0.2, 0) is 28.6 Å². The van der Waals surface area contributed by atoms with Gasteiger partial charge in [0.1, 0.15) is 41.2 Å². The average Bonchev–Trinajstić information content (AvgIpc) is 3.87. The van der Waals surface area contributed by atoms with Crippen molar-refractivity contribution < 1.29 is 32.1 Å². The minimum atomic E-state index is -4.51. The zero-order valence-corrected chi connectivity index (χ0v) is 31.7. The SMILES string of the molecule is COc1ccc(CNc2ncnc3c2ccn3[C@@H]2C[C@H](CN(C)C3CC(CCc4nc5cc(Cl)c(C(F)(F)F)cc5[nH]4)C3)[C@H]3OC(C)(C)O[C@H]32)c(OC)c1. The van der Waals surface area contributed by atoms with Gasteiger partial charge in [0.15, 0.2) is 5.79 Å². The van der Waals surface area contributed by atoms with Crippen molar-refractivity contribution in [2.45, 2.75) is 88.8 Å². The molecular weight excluding hydrogens is 723 g/mol. The van der Waals surface area contributed by atoms with Crippen LogP contribution in [0.4, 0.5) is 19.0 Å². The molecular formula is C39H45ClF3N7O4. The van der Waals surface area contributed by atoms with E-state index in [1.807, 2.05) is 32.0 Å². The molecule has 0 unspecified atom stereocenters. The second kappa shape index (κ2) is 14.2. The van der Waals surface area contributed by atoms with E-state index in [1.54, 1.807) is 20.5 Å². The van der Waals surface area contributed by atoms with E-state index in [-0.39, 0.29) is 29.2 Å². The third kappa shape index (κ3) is 7.09. The van der Waals surface area contributed by atoms with Crippen LogP contribution in [0.15, 0.2) is 48.9 Å². The second-order valence-corrected chi connectivity index (χ2v) is 15.7. The third-order valence-corrected chi connectivity index (χ3v) is 11.7. The molecule has 288 valence electrons. The molecule has 2 saturated carbocycles. The fraction of sp³-hybridized carbons (Fsp3) is 0.513. The number of aromatic nitrogens is 5. The Morgan fingerprint density at radius 1 is 1.06 bits per heavy atom. The summed E-state index contributed by atoms with van der Waals surface area (Å²) in [6.45, 7) is 5.36. The number of imidazole rings is 1. The molecule has 2 N–H and O–H groups in total. The fourth-order valence-corrected chi connectivity index (χ4v) is 8.91. The van der Waals surface area contributed by atoms with Gasteiger partial charge in [-0.1, -0.05) is 11.6 Å². The van der Waals surface area contributed by atoms with Crippen LogP contribution in [0.25, 0.3) is 22.1 Å². The Bertz CT molecular complexity index is 2150. The number of methoxy groups -OCH3 is 2. The lowest BCUT2D eigenvalue weighted by Crippen LogP contribution is -2.46. The molecule has 2 aromatic carbocycles. The zero-order valence-electron chi connectivity index (χ0n) is 30.9. The van der Waals surface area contributed by atoms with E-state index in [9.17, 15) is 13.2 Å². The van der Waals surface area contributed by atoms with Gasteiger partial charge in [-0.05, 0) is 82.8 Å². The van der Waals surface area contributed by atoms with Gasteiger partial charge in [-0.3, -0.25) is 0 Å². The number of hydrogen-bond donors (Lipinski definition) is 2. The summed E-state index contributed by atoms with van der Waals surface area (Å²) >= 11 is 5.90. The minimum Gasteiger partial charge on any atom is -0.497 e. The van der Waals surface area contributed by atoms with Gasteiger partial charge in [0.2, 0.25) is 0 Å². The molecule has 3 fully saturated rings. The molecule has 11 nitrogen and oxygen atoms in total. The van der Waals surface area contributed by atoms with Crippen LogP contribution in [0.1, 0.15) is 62.5 Å². The first-order valence-corrected chi connectivity index (χ1v) is 18.8. The topological polar surface area (TPSA) is 112 Å².